The minimum Gasteiger partial charge on any atom is -0.496 e. The number of aliphatic hydroxyl groups is 1. The van der Waals surface area contributed by atoms with E-state index in [-0.39, 0.29) is 6.03 Å². The van der Waals surface area contributed by atoms with Crippen LogP contribution in [0.15, 0.2) is 42.5 Å². The molecule has 2 N–H and O–H groups in total. The summed E-state index contributed by atoms with van der Waals surface area (Å²) in [6, 6.07) is 12.6. The summed E-state index contributed by atoms with van der Waals surface area (Å²) in [6.07, 6.45) is 2.07. The van der Waals surface area contributed by atoms with E-state index in [1.165, 1.54) is 0 Å². The molecule has 0 radical (unpaired) electrons. The molecule has 6 heteroatoms. The number of aliphatic hydroxyl groups excluding tert-OH is 1. The number of amides is 2. The predicted octanol–water partition coefficient (Wildman–Crippen LogP) is 3.55. The highest BCUT2D eigenvalue weighted by atomic mass is 16.5. The van der Waals surface area contributed by atoms with Gasteiger partial charge in [0.1, 0.15) is 11.5 Å². The van der Waals surface area contributed by atoms with E-state index in [2.05, 4.69) is 12.2 Å². The van der Waals surface area contributed by atoms with Gasteiger partial charge in [-0.2, -0.15) is 0 Å². The Bertz CT molecular complexity index is 825. The fraction of sp³-hybridized carbons (Fsp3) is 0.435. The van der Waals surface area contributed by atoms with Gasteiger partial charge in [0.15, 0.2) is 0 Å². The third kappa shape index (κ3) is 4.48. The summed E-state index contributed by atoms with van der Waals surface area (Å²) in [6.45, 7) is 2.69. The molecule has 0 fully saturated rings. The number of urea groups is 1. The number of benzene rings is 2. The maximum absolute atomic E-state index is 13.1. The largest absolute Gasteiger partial charge is 0.496 e. The third-order valence-corrected chi connectivity index (χ3v) is 5.45. The van der Waals surface area contributed by atoms with Crippen LogP contribution in [0.5, 0.6) is 11.5 Å². The van der Waals surface area contributed by atoms with Crippen molar-refractivity contribution in [2.24, 2.45) is 0 Å². The Kier molecular flexibility index (Phi) is 6.99. The Morgan fingerprint density at radius 3 is 2.28 bits per heavy atom. The summed E-state index contributed by atoms with van der Waals surface area (Å²) in [5, 5.41) is 14.0. The first-order chi connectivity index (χ1) is 14.1. The molecular formula is C23H30N2O4. The standard InChI is InChI=1S/C23H30N2O4/c1-4-5-13-24-23(27)25(16-9-7-6-8-10-16)19-14-17-18(15-20(19)26)22(29-3)12-11-21(17)28-2/h6-12,19-20,26H,4-5,13-15H2,1-3H3,(H,24,27). The van der Waals surface area contributed by atoms with Crippen molar-refractivity contribution < 1.29 is 19.4 Å². The van der Waals surface area contributed by atoms with Gasteiger partial charge in [-0.15, -0.1) is 0 Å². The zero-order valence-electron chi connectivity index (χ0n) is 17.4. The van der Waals surface area contributed by atoms with Gasteiger partial charge in [-0.05, 0) is 37.1 Å². The fourth-order valence-corrected chi connectivity index (χ4v) is 3.94. The Hall–Kier alpha value is -2.73. The number of fused-ring (bicyclic) bond motifs is 1. The van der Waals surface area contributed by atoms with Crippen molar-refractivity contribution in [3.8, 4) is 11.5 Å². The van der Waals surface area contributed by atoms with Gasteiger partial charge in [-0.3, -0.25) is 4.90 Å². The first-order valence-electron chi connectivity index (χ1n) is 10.1. The molecule has 1 aliphatic rings. The van der Waals surface area contributed by atoms with E-state index in [0.717, 1.165) is 41.2 Å². The minimum atomic E-state index is -0.722. The Morgan fingerprint density at radius 2 is 1.69 bits per heavy atom. The second-order valence-corrected chi connectivity index (χ2v) is 7.26. The number of carbonyl (C=O) groups excluding carboxylic acids is 1. The van der Waals surface area contributed by atoms with Crippen LogP contribution in [0.4, 0.5) is 10.5 Å². The van der Waals surface area contributed by atoms with Crippen LogP contribution in [0, 0.1) is 0 Å². The van der Waals surface area contributed by atoms with Gasteiger partial charge >= 0.3 is 6.03 Å². The fourth-order valence-electron chi connectivity index (χ4n) is 3.94. The Morgan fingerprint density at radius 1 is 1.07 bits per heavy atom. The molecule has 0 saturated carbocycles. The van der Waals surface area contributed by atoms with Gasteiger partial charge < -0.3 is 19.9 Å². The molecule has 2 aromatic rings. The zero-order valence-corrected chi connectivity index (χ0v) is 17.4. The number of carbonyl (C=O) groups is 1. The van der Waals surface area contributed by atoms with Crippen LogP contribution in [0.1, 0.15) is 30.9 Å². The van der Waals surface area contributed by atoms with Gasteiger partial charge in [0.05, 0.1) is 26.4 Å². The molecule has 0 spiro atoms. The van der Waals surface area contributed by atoms with Crippen molar-refractivity contribution in [1.29, 1.82) is 0 Å². The van der Waals surface area contributed by atoms with Crippen LogP contribution in [0.25, 0.3) is 0 Å². The van der Waals surface area contributed by atoms with E-state index < -0.39 is 12.1 Å². The van der Waals surface area contributed by atoms with Crippen molar-refractivity contribution in [3.05, 3.63) is 53.6 Å². The lowest BCUT2D eigenvalue weighted by Crippen LogP contribution is -2.54. The number of para-hydroxylation sites is 1. The maximum Gasteiger partial charge on any atom is 0.322 e. The second kappa shape index (κ2) is 9.65. The molecule has 1 aliphatic carbocycles. The molecule has 0 heterocycles. The van der Waals surface area contributed by atoms with Crippen molar-refractivity contribution in [2.75, 3.05) is 25.7 Å². The SMILES string of the molecule is CCCCNC(=O)N(c1ccccc1)C1Cc2c(OC)ccc(OC)c2CC1O. The van der Waals surface area contributed by atoms with E-state index in [4.69, 9.17) is 9.47 Å². The maximum atomic E-state index is 13.1. The molecule has 2 aromatic carbocycles. The van der Waals surface area contributed by atoms with Crippen molar-refractivity contribution in [3.63, 3.8) is 0 Å². The molecule has 2 unspecified atom stereocenters. The van der Waals surface area contributed by atoms with E-state index in [1.54, 1.807) is 19.1 Å². The van der Waals surface area contributed by atoms with Gasteiger partial charge in [-0.1, -0.05) is 31.5 Å². The van der Waals surface area contributed by atoms with Crippen LogP contribution in [-0.4, -0.2) is 44.0 Å². The number of hydrogen-bond donors (Lipinski definition) is 2. The number of unbranched alkanes of at least 4 members (excludes halogenated alkanes) is 1. The highest BCUT2D eigenvalue weighted by Crippen LogP contribution is 2.38. The van der Waals surface area contributed by atoms with Crippen LogP contribution >= 0.6 is 0 Å². The smallest absolute Gasteiger partial charge is 0.322 e. The first kappa shape index (κ1) is 21.0. The molecule has 0 aliphatic heterocycles. The number of nitrogens with zero attached hydrogens (tertiary/aromatic N) is 1. The number of rotatable bonds is 7. The number of anilines is 1. The summed E-state index contributed by atoms with van der Waals surface area (Å²) in [7, 11) is 3.26. The molecule has 2 amide bonds. The summed E-state index contributed by atoms with van der Waals surface area (Å²) in [5.41, 5.74) is 2.68. The lowest BCUT2D eigenvalue weighted by molar-refractivity contribution is 0.131. The molecule has 156 valence electrons. The van der Waals surface area contributed by atoms with Crippen LogP contribution in [-0.2, 0) is 12.8 Å². The number of ether oxygens (including phenoxy) is 2. The van der Waals surface area contributed by atoms with Crippen molar-refractivity contribution in [2.45, 2.75) is 44.8 Å². The van der Waals surface area contributed by atoms with Gasteiger partial charge in [0.25, 0.3) is 0 Å². The van der Waals surface area contributed by atoms with E-state index in [1.807, 2.05) is 42.5 Å². The number of nitrogens with one attached hydrogen (secondary N) is 1. The first-order valence-corrected chi connectivity index (χ1v) is 10.1. The summed E-state index contributed by atoms with van der Waals surface area (Å²) in [4.78, 5) is 14.8. The monoisotopic (exact) mass is 398 g/mol. The van der Waals surface area contributed by atoms with Gasteiger partial charge in [0, 0.05) is 29.8 Å². The van der Waals surface area contributed by atoms with Crippen LogP contribution < -0.4 is 19.7 Å². The summed E-state index contributed by atoms with van der Waals surface area (Å²) < 4.78 is 11.1. The van der Waals surface area contributed by atoms with E-state index in [9.17, 15) is 9.90 Å². The Balaban J connectivity index is 1.97. The highest BCUT2D eigenvalue weighted by Gasteiger charge is 2.37. The third-order valence-electron chi connectivity index (χ3n) is 5.45. The quantitative estimate of drug-likeness (QED) is 0.700. The van der Waals surface area contributed by atoms with Crippen molar-refractivity contribution >= 4 is 11.7 Å². The van der Waals surface area contributed by atoms with Gasteiger partial charge in [0.2, 0.25) is 0 Å². The molecule has 6 nitrogen and oxygen atoms in total. The topological polar surface area (TPSA) is 71.0 Å². The molecule has 2 atom stereocenters. The molecular weight excluding hydrogens is 368 g/mol. The normalized spacial score (nSPS) is 17.9. The molecule has 0 bridgehead atoms. The zero-order chi connectivity index (χ0) is 20.8. The van der Waals surface area contributed by atoms with Crippen LogP contribution in [0.2, 0.25) is 0 Å². The molecule has 3 rings (SSSR count). The second-order valence-electron chi connectivity index (χ2n) is 7.26. The molecule has 29 heavy (non-hydrogen) atoms. The number of methoxy groups -OCH3 is 2. The average Bonchev–Trinajstić information content (AvgIpc) is 2.74. The molecule has 0 aromatic heterocycles. The van der Waals surface area contributed by atoms with E-state index >= 15 is 0 Å². The number of hydrogen-bond acceptors (Lipinski definition) is 4. The average molecular weight is 399 g/mol. The Labute approximate surface area is 172 Å². The lowest BCUT2D eigenvalue weighted by atomic mass is 9.84. The predicted molar refractivity (Wildman–Crippen MR) is 114 cm³/mol. The minimum absolute atomic E-state index is 0.195. The van der Waals surface area contributed by atoms with Gasteiger partial charge in [-0.25, -0.2) is 4.79 Å². The summed E-state index contributed by atoms with van der Waals surface area (Å²) in [5.74, 6) is 1.48. The highest BCUT2D eigenvalue weighted by molar-refractivity contribution is 5.93. The van der Waals surface area contributed by atoms with Crippen LogP contribution in [0.3, 0.4) is 0 Å². The molecule has 0 saturated heterocycles. The summed E-state index contributed by atoms with van der Waals surface area (Å²) >= 11 is 0. The van der Waals surface area contributed by atoms with Crippen molar-refractivity contribution in [1.82, 2.24) is 5.32 Å². The van der Waals surface area contributed by atoms with E-state index in [0.29, 0.717) is 19.4 Å². The lowest BCUT2D eigenvalue weighted by Gasteiger charge is -2.39.